The molecule has 0 spiro atoms. The van der Waals surface area contributed by atoms with Gasteiger partial charge in [0.15, 0.2) is 0 Å². The maximum Gasteiger partial charge on any atom is 0.335 e. The molecule has 0 fully saturated rings. The monoisotopic (exact) mass is 361 g/mol. The molecule has 0 aliphatic heterocycles. The van der Waals surface area contributed by atoms with Crippen molar-refractivity contribution in [2.24, 2.45) is 0 Å². The molecule has 1 aromatic rings. The molecule has 146 valence electrons. The Hall–Kier alpha value is -1.84. The molecule has 0 atom stereocenters. The first kappa shape index (κ1) is 22.2. The second-order valence-electron chi connectivity index (χ2n) is 7.17. The summed E-state index contributed by atoms with van der Waals surface area (Å²) in [4.78, 5) is 23.1. The first-order valence-corrected chi connectivity index (χ1v) is 10.2. The predicted octanol–water partition coefficient (Wildman–Crippen LogP) is 6.33. The average Bonchev–Trinajstić information content (AvgIpc) is 2.61. The van der Waals surface area contributed by atoms with Gasteiger partial charge < -0.3 is 10.4 Å². The summed E-state index contributed by atoms with van der Waals surface area (Å²) in [7, 11) is 0. The van der Waals surface area contributed by atoms with Crippen molar-refractivity contribution in [1.29, 1.82) is 0 Å². The number of carboxylic acid groups (broad SMARTS) is 1. The fourth-order valence-corrected chi connectivity index (χ4v) is 3.05. The van der Waals surface area contributed by atoms with E-state index in [1.165, 1.54) is 63.9 Å². The highest BCUT2D eigenvalue weighted by Gasteiger charge is 2.09. The third-order valence-corrected chi connectivity index (χ3v) is 4.77. The molecule has 1 amide bonds. The average molecular weight is 362 g/mol. The smallest absolute Gasteiger partial charge is 0.335 e. The van der Waals surface area contributed by atoms with Crippen LogP contribution in [-0.2, 0) is 4.79 Å². The zero-order chi connectivity index (χ0) is 19.2. The summed E-state index contributed by atoms with van der Waals surface area (Å²) in [5.41, 5.74) is 1.67. The van der Waals surface area contributed by atoms with E-state index in [0.717, 1.165) is 18.4 Å². The number of aromatic carboxylic acids is 1. The Balaban J connectivity index is 2.10. The summed E-state index contributed by atoms with van der Waals surface area (Å²) in [6, 6.07) is 4.80. The lowest BCUT2D eigenvalue weighted by molar-refractivity contribution is -0.116. The van der Waals surface area contributed by atoms with Crippen molar-refractivity contribution in [3.63, 3.8) is 0 Å². The lowest BCUT2D eigenvalue weighted by Gasteiger charge is -2.09. The molecule has 0 aliphatic carbocycles. The van der Waals surface area contributed by atoms with Crippen LogP contribution in [0.25, 0.3) is 0 Å². The van der Waals surface area contributed by atoms with Crippen molar-refractivity contribution in [2.75, 3.05) is 5.32 Å². The van der Waals surface area contributed by atoms with E-state index in [1.807, 2.05) is 6.92 Å². The number of hydrogen-bond donors (Lipinski definition) is 2. The molecule has 2 N–H and O–H groups in total. The highest BCUT2D eigenvalue weighted by atomic mass is 16.4. The van der Waals surface area contributed by atoms with E-state index >= 15 is 0 Å². The van der Waals surface area contributed by atoms with Crippen LogP contribution < -0.4 is 5.32 Å². The summed E-state index contributed by atoms with van der Waals surface area (Å²) in [6.07, 6.45) is 14.3. The molecular formula is C22H35NO3. The highest BCUT2D eigenvalue weighted by molar-refractivity contribution is 5.94. The van der Waals surface area contributed by atoms with Crippen molar-refractivity contribution >= 4 is 17.6 Å². The topological polar surface area (TPSA) is 66.4 Å². The van der Waals surface area contributed by atoms with Gasteiger partial charge in [-0.2, -0.15) is 0 Å². The number of anilines is 1. The van der Waals surface area contributed by atoms with E-state index in [-0.39, 0.29) is 11.5 Å². The number of aryl methyl sites for hydroxylation is 1. The van der Waals surface area contributed by atoms with Crippen LogP contribution in [0, 0.1) is 6.92 Å². The van der Waals surface area contributed by atoms with Gasteiger partial charge in [0.2, 0.25) is 5.91 Å². The Bertz CT molecular complexity index is 554. The Labute approximate surface area is 158 Å². The number of unbranched alkanes of at least 4 members (excludes halogenated alkanes) is 10. The standard InChI is InChI=1S/C22H35NO3/c1-3-4-5-6-7-8-9-10-11-12-13-14-21(24)23-20-17-19(22(25)26)16-15-18(20)2/h15-17H,3-14H2,1-2H3,(H,23,24)(H,25,26). The van der Waals surface area contributed by atoms with Gasteiger partial charge in [0, 0.05) is 12.1 Å². The Morgan fingerprint density at radius 2 is 1.42 bits per heavy atom. The minimum absolute atomic E-state index is 0.0356. The largest absolute Gasteiger partial charge is 0.478 e. The zero-order valence-corrected chi connectivity index (χ0v) is 16.5. The molecule has 0 bridgehead atoms. The number of carbonyl (C=O) groups is 2. The predicted molar refractivity (Wildman–Crippen MR) is 108 cm³/mol. The fourth-order valence-electron chi connectivity index (χ4n) is 3.05. The lowest BCUT2D eigenvalue weighted by atomic mass is 10.1. The molecule has 1 aromatic carbocycles. The lowest BCUT2D eigenvalue weighted by Crippen LogP contribution is -2.12. The third kappa shape index (κ3) is 9.59. The van der Waals surface area contributed by atoms with E-state index in [2.05, 4.69) is 12.2 Å². The summed E-state index contributed by atoms with van der Waals surface area (Å²) in [6.45, 7) is 4.11. The molecule has 0 radical (unpaired) electrons. The molecule has 0 saturated carbocycles. The number of hydrogen-bond acceptors (Lipinski definition) is 2. The second kappa shape index (κ2) is 13.4. The van der Waals surface area contributed by atoms with Gasteiger partial charge in [-0.25, -0.2) is 4.79 Å². The normalized spacial score (nSPS) is 10.7. The van der Waals surface area contributed by atoms with Crippen LogP contribution in [0.5, 0.6) is 0 Å². The molecule has 4 heteroatoms. The number of carboxylic acids is 1. The molecule has 0 heterocycles. The van der Waals surface area contributed by atoms with Gasteiger partial charge in [0.25, 0.3) is 0 Å². The Morgan fingerprint density at radius 1 is 0.885 bits per heavy atom. The summed E-state index contributed by atoms with van der Waals surface area (Å²) < 4.78 is 0. The summed E-state index contributed by atoms with van der Waals surface area (Å²) in [5, 5.41) is 11.9. The minimum atomic E-state index is -0.981. The fraction of sp³-hybridized carbons (Fsp3) is 0.636. The SMILES string of the molecule is CCCCCCCCCCCCCC(=O)Nc1cc(C(=O)O)ccc1C. The molecule has 0 aromatic heterocycles. The molecule has 1 rings (SSSR count). The van der Waals surface area contributed by atoms with Gasteiger partial charge in [-0.1, -0.05) is 77.2 Å². The quantitative estimate of drug-likeness (QED) is 0.380. The van der Waals surface area contributed by atoms with Crippen LogP contribution in [0.15, 0.2) is 18.2 Å². The van der Waals surface area contributed by atoms with E-state index < -0.39 is 5.97 Å². The van der Waals surface area contributed by atoms with E-state index in [1.54, 1.807) is 12.1 Å². The van der Waals surface area contributed by atoms with Gasteiger partial charge in [0.1, 0.15) is 0 Å². The number of amides is 1. The highest BCUT2D eigenvalue weighted by Crippen LogP contribution is 2.18. The van der Waals surface area contributed by atoms with E-state index in [9.17, 15) is 9.59 Å². The first-order chi connectivity index (χ1) is 12.5. The molecule has 0 saturated heterocycles. The molecule has 0 unspecified atom stereocenters. The number of benzene rings is 1. The van der Waals surface area contributed by atoms with Crippen molar-refractivity contribution in [3.05, 3.63) is 29.3 Å². The van der Waals surface area contributed by atoms with Crippen LogP contribution in [-0.4, -0.2) is 17.0 Å². The van der Waals surface area contributed by atoms with Gasteiger partial charge in [0.05, 0.1) is 5.56 Å². The van der Waals surface area contributed by atoms with Gasteiger partial charge in [-0.15, -0.1) is 0 Å². The molecule has 0 aliphatic rings. The van der Waals surface area contributed by atoms with Crippen LogP contribution in [0.3, 0.4) is 0 Å². The van der Waals surface area contributed by atoms with Crippen molar-refractivity contribution in [2.45, 2.75) is 90.9 Å². The molecule has 26 heavy (non-hydrogen) atoms. The summed E-state index contributed by atoms with van der Waals surface area (Å²) in [5.74, 6) is -1.02. The van der Waals surface area contributed by atoms with Crippen LogP contribution in [0.4, 0.5) is 5.69 Å². The van der Waals surface area contributed by atoms with Crippen LogP contribution in [0.2, 0.25) is 0 Å². The maximum absolute atomic E-state index is 12.0. The second-order valence-corrected chi connectivity index (χ2v) is 7.17. The number of rotatable bonds is 14. The van der Waals surface area contributed by atoms with E-state index in [0.29, 0.717) is 12.1 Å². The maximum atomic E-state index is 12.0. The third-order valence-electron chi connectivity index (χ3n) is 4.77. The van der Waals surface area contributed by atoms with Gasteiger partial charge in [-0.05, 0) is 31.0 Å². The molecule has 4 nitrogen and oxygen atoms in total. The van der Waals surface area contributed by atoms with Gasteiger partial charge in [-0.3, -0.25) is 4.79 Å². The van der Waals surface area contributed by atoms with Gasteiger partial charge >= 0.3 is 5.97 Å². The van der Waals surface area contributed by atoms with Crippen LogP contribution in [0.1, 0.15) is 99.9 Å². The summed E-state index contributed by atoms with van der Waals surface area (Å²) >= 11 is 0. The van der Waals surface area contributed by atoms with Crippen molar-refractivity contribution < 1.29 is 14.7 Å². The van der Waals surface area contributed by atoms with Crippen molar-refractivity contribution in [3.8, 4) is 0 Å². The Kier molecular flexibility index (Phi) is 11.4. The Morgan fingerprint density at radius 3 is 1.96 bits per heavy atom. The number of nitrogens with one attached hydrogen (secondary N) is 1. The number of carbonyl (C=O) groups excluding carboxylic acids is 1. The first-order valence-electron chi connectivity index (χ1n) is 10.2. The van der Waals surface area contributed by atoms with Crippen molar-refractivity contribution in [1.82, 2.24) is 0 Å². The van der Waals surface area contributed by atoms with Crippen LogP contribution >= 0.6 is 0 Å². The minimum Gasteiger partial charge on any atom is -0.478 e. The zero-order valence-electron chi connectivity index (χ0n) is 16.5. The molecular weight excluding hydrogens is 326 g/mol. The van der Waals surface area contributed by atoms with E-state index in [4.69, 9.17) is 5.11 Å².